The minimum Gasteiger partial charge on any atom is -0.325 e. The molecule has 34 heavy (non-hydrogen) atoms. The van der Waals surface area contributed by atoms with Crippen LogP contribution in [0.3, 0.4) is 0 Å². The average Bonchev–Trinajstić information content (AvgIpc) is 3.20. The van der Waals surface area contributed by atoms with E-state index < -0.39 is 10.0 Å². The number of amides is 1. The number of aryl methyl sites for hydroxylation is 1. The van der Waals surface area contributed by atoms with Crippen LogP contribution in [0.5, 0.6) is 0 Å². The summed E-state index contributed by atoms with van der Waals surface area (Å²) in [5.74, 6) is -0.129. The molecule has 1 aliphatic heterocycles. The Hall–Kier alpha value is -2.77. The standard InChI is InChI=1S/C25H26N4O3S2/c26-16-22-21-7-3-4-8-23(21)33-25(22)27-24(30)17-28-11-13-29(14-12-28)34(31,32)20-10-9-18-5-1-2-6-19(18)15-20/h1-2,5-6,9-10,15H,3-4,7-8,11-14,17H2,(H,27,30)/p+1. The summed E-state index contributed by atoms with van der Waals surface area (Å²) in [6.45, 7) is 2.12. The third-order valence-electron chi connectivity index (χ3n) is 6.73. The summed E-state index contributed by atoms with van der Waals surface area (Å²) in [4.78, 5) is 15.3. The molecule has 2 N–H and O–H groups in total. The number of fused-ring (bicyclic) bond motifs is 2. The third kappa shape index (κ3) is 4.46. The minimum atomic E-state index is -3.58. The van der Waals surface area contributed by atoms with Crippen molar-refractivity contribution in [3.63, 3.8) is 0 Å². The molecular weight excluding hydrogens is 468 g/mol. The lowest BCUT2D eigenvalue weighted by Gasteiger charge is -2.31. The van der Waals surface area contributed by atoms with Gasteiger partial charge in [0.05, 0.1) is 36.6 Å². The van der Waals surface area contributed by atoms with Crippen LogP contribution < -0.4 is 10.2 Å². The number of anilines is 1. The lowest BCUT2D eigenvalue weighted by Crippen LogP contribution is -3.15. The molecule has 7 nitrogen and oxygen atoms in total. The molecule has 1 saturated heterocycles. The van der Waals surface area contributed by atoms with Crippen molar-refractivity contribution in [3.8, 4) is 6.07 Å². The second kappa shape index (κ2) is 9.47. The van der Waals surface area contributed by atoms with Gasteiger partial charge in [0.2, 0.25) is 10.0 Å². The van der Waals surface area contributed by atoms with Gasteiger partial charge >= 0.3 is 0 Å². The highest BCUT2D eigenvalue weighted by Gasteiger charge is 2.31. The zero-order chi connectivity index (χ0) is 23.7. The number of sulfonamides is 1. The number of quaternary nitrogens is 1. The summed E-state index contributed by atoms with van der Waals surface area (Å²) in [5.41, 5.74) is 1.73. The fourth-order valence-corrected chi connectivity index (χ4v) is 7.60. The molecule has 1 amide bonds. The van der Waals surface area contributed by atoms with Crippen molar-refractivity contribution in [2.24, 2.45) is 0 Å². The van der Waals surface area contributed by atoms with Gasteiger partial charge in [-0.3, -0.25) is 4.79 Å². The van der Waals surface area contributed by atoms with E-state index in [1.165, 1.54) is 20.5 Å². The SMILES string of the molecule is N#Cc1c(NC(=O)C[NH+]2CCN(S(=O)(=O)c3ccc4ccccc4c3)CC2)sc2c1CCCC2. The number of nitrogens with one attached hydrogen (secondary N) is 2. The van der Waals surface area contributed by atoms with Crippen LogP contribution in [-0.4, -0.2) is 51.4 Å². The molecule has 2 aromatic carbocycles. The van der Waals surface area contributed by atoms with Crippen molar-refractivity contribution in [2.75, 3.05) is 38.0 Å². The number of benzene rings is 2. The quantitative estimate of drug-likeness (QED) is 0.567. The number of piperazine rings is 1. The maximum atomic E-state index is 13.2. The molecular formula is C25H27N4O3S2+. The Balaban J connectivity index is 1.20. The van der Waals surface area contributed by atoms with E-state index in [-0.39, 0.29) is 12.5 Å². The normalized spacial score (nSPS) is 17.3. The fraction of sp³-hybridized carbons (Fsp3) is 0.360. The summed E-state index contributed by atoms with van der Waals surface area (Å²) >= 11 is 1.53. The van der Waals surface area contributed by atoms with E-state index in [1.54, 1.807) is 12.1 Å². The summed E-state index contributed by atoms with van der Waals surface area (Å²) in [6.07, 6.45) is 4.09. The highest BCUT2D eigenvalue weighted by Crippen LogP contribution is 2.37. The fourth-order valence-electron chi connectivity index (χ4n) is 4.87. The topological polar surface area (TPSA) is 94.7 Å². The molecule has 2 heterocycles. The molecule has 0 unspecified atom stereocenters. The second-order valence-electron chi connectivity index (χ2n) is 8.91. The van der Waals surface area contributed by atoms with Crippen LogP contribution in [0.4, 0.5) is 5.00 Å². The van der Waals surface area contributed by atoms with Gasteiger partial charge in [0, 0.05) is 4.88 Å². The minimum absolute atomic E-state index is 0.129. The van der Waals surface area contributed by atoms with Gasteiger partial charge in [-0.1, -0.05) is 30.3 Å². The molecule has 3 aromatic rings. The van der Waals surface area contributed by atoms with Gasteiger partial charge < -0.3 is 10.2 Å². The van der Waals surface area contributed by atoms with Crippen LogP contribution in [0, 0.1) is 11.3 Å². The molecule has 0 radical (unpaired) electrons. The number of nitriles is 1. The van der Waals surface area contributed by atoms with E-state index in [0.717, 1.165) is 46.9 Å². The number of carbonyl (C=O) groups is 1. The Morgan fingerprint density at radius 1 is 1.09 bits per heavy atom. The van der Waals surface area contributed by atoms with Gasteiger partial charge in [-0.25, -0.2) is 8.42 Å². The zero-order valence-corrected chi connectivity index (χ0v) is 20.5. The predicted molar refractivity (Wildman–Crippen MR) is 133 cm³/mol. The van der Waals surface area contributed by atoms with Crippen LogP contribution >= 0.6 is 11.3 Å². The monoisotopic (exact) mass is 495 g/mol. The van der Waals surface area contributed by atoms with Crippen molar-refractivity contribution >= 4 is 43.0 Å². The molecule has 1 aliphatic carbocycles. The first-order valence-electron chi connectivity index (χ1n) is 11.6. The lowest BCUT2D eigenvalue weighted by atomic mass is 9.96. The number of hydrogen-bond donors (Lipinski definition) is 2. The molecule has 0 saturated carbocycles. The number of nitrogens with zero attached hydrogens (tertiary/aromatic N) is 2. The highest BCUT2D eigenvalue weighted by atomic mass is 32.2. The first-order valence-corrected chi connectivity index (χ1v) is 13.9. The van der Waals surface area contributed by atoms with Gasteiger partial charge in [0.15, 0.2) is 6.54 Å². The summed E-state index contributed by atoms with van der Waals surface area (Å²) in [7, 11) is -3.58. The highest BCUT2D eigenvalue weighted by molar-refractivity contribution is 7.89. The van der Waals surface area contributed by atoms with E-state index in [9.17, 15) is 18.5 Å². The molecule has 1 fully saturated rings. The molecule has 5 rings (SSSR count). The van der Waals surface area contributed by atoms with Gasteiger partial charge in [0.1, 0.15) is 11.1 Å². The largest absolute Gasteiger partial charge is 0.325 e. The Morgan fingerprint density at radius 3 is 2.59 bits per heavy atom. The average molecular weight is 496 g/mol. The molecule has 2 aliphatic rings. The van der Waals surface area contributed by atoms with Gasteiger partial charge in [-0.2, -0.15) is 9.57 Å². The summed E-state index contributed by atoms with van der Waals surface area (Å²) in [5, 5.41) is 15.1. The van der Waals surface area contributed by atoms with Gasteiger partial charge in [-0.05, 0) is 54.2 Å². The van der Waals surface area contributed by atoms with Gasteiger partial charge in [-0.15, -0.1) is 11.3 Å². The van der Waals surface area contributed by atoms with Crippen LogP contribution in [0.2, 0.25) is 0 Å². The van der Waals surface area contributed by atoms with Crippen LogP contribution in [0.15, 0.2) is 47.4 Å². The van der Waals surface area contributed by atoms with Crippen molar-refractivity contribution in [1.29, 1.82) is 5.26 Å². The number of hydrogen-bond acceptors (Lipinski definition) is 5. The molecule has 0 atom stereocenters. The molecule has 9 heteroatoms. The van der Waals surface area contributed by atoms with Crippen molar-refractivity contribution in [1.82, 2.24) is 4.31 Å². The summed E-state index contributed by atoms with van der Waals surface area (Å²) in [6, 6.07) is 15.2. The van der Waals surface area contributed by atoms with Crippen LogP contribution in [-0.2, 0) is 27.7 Å². The van der Waals surface area contributed by atoms with E-state index in [4.69, 9.17) is 0 Å². The predicted octanol–water partition coefficient (Wildman–Crippen LogP) is 2.18. The van der Waals surface area contributed by atoms with Crippen molar-refractivity contribution in [2.45, 2.75) is 30.6 Å². The van der Waals surface area contributed by atoms with Crippen LogP contribution in [0.25, 0.3) is 10.8 Å². The third-order valence-corrected chi connectivity index (χ3v) is 9.84. The second-order valence-corrected chi connectivity index (χ2v) is 12.0. The van der Waals surface area contributed by atoms with Crippen LogP contribution in [0.1, 0.15) is 28.8 Å². The maximum Gasteiger partial charge on any atom is 0.280 e. The molecule has 176 valence electrons. The Bertz CT molecular complexity index is 1380. The molecule has 0 spiro atoms. The first-order chi connectivity index (χ1) is 16.5. The first kappa shape index (κ1) is 23.0. The van der Waals surface area contributed by atoms with E-state index in [2.05, 4.69) is 11.4 Å². The molecule has 0 bridgehead atoms. The Morgan fingerprint density at radius 2 is 1.82 bits per heavy atom. The summed E-state index contributed by atoms with van der Waals surface area (Å²) < 4.78 is 27.9. The lowest BCUT2D eigenvalue weighted by molar-refractivity contribution is -0.895. The number of carbonyl (C=O) groups excluding carboxylic acids is 1. The van der Waals surface area contributed by atoms with Crippen molar-refractivity contribution < 1.29 is 18.1 Å². The van der Waals surface area contributed by atoms with Crippen molar-refractivity contribution in [3.05, 3.63) is 58.5 Å². The zero-order valence-electron chi connectivity index (χ0n) is 18.8. The molecule has 1 aromatic heterocycles. The van der Waals surface area contributed by atoms with E-state index >= 15 is 0 Å². The number of rotatable bonds is 5. The van der Waals surface area contributed by atoms with Gasteiger partial charge in [0.25, 0.3) is 5.91 Å². The van der Waals surface area contributed by atoms with E-state index in [0.29, 0.717) is 41.6 Å². The number of thiophene rings is 1. The smallest absolute Gasteiger partial charge is 0.280 e. The Kier molecular flexibility index (Phi) is 6.40. The Labute approximate surface area is 203 Å². The van der Waals surface area contributed by atoms with E-state index in [1.807, 2.05) is 30.3 Å². The maximum absolute atomic E-state index is 13.2.